The van der Waals surface area contributed by atoms with Gasteiger partial charge >= 0.3 is 0 Å². The van der Waals surface area contributed by atoms with E-state index in [4.69, 9.17) is 5.73 Å². The summed E-state index contributed by atoms with van der Waals surface area (Å²) in [6.07, 6.45) is 0. The standard InChI is InChI=1S/C13H20N2OS/c1-8(2)17-10(4)13(16)15-12-7-11(14)6-5-9(12)3/h5-8,10H,14H2,1-4H3,(H,15,16). The second-order valence-corrected chi connectivity index (χ2v) is 6.31. The monoisotopic (exact) mass is 252 g/mol. The normalized spacial score (nSPS) is 12.5. The van der Waals surface area contributed by atoms with E-state index in [2.05, 4.69) is 19.2 Å². The number of rotatable bonds is 4. The second-order valence-electron chi connectivity index (χ2n) is 4.39. The lowest BCUT2D eigenvalue weighted by Crippen LogP contribution is -2.24. The maximum Gasteiger partial charge on any atom is 0.237 e. The first-order valence-corrected chi connectivity index (χ1v) is 6.67. The van der Waals surface area contributed by atoms with Crippen LogP contribution in [-0.4, -0.2) is 16.4 Å². The molecule has 0 aliphatic carbocycles. The number of nitrogens with one attached hydrogen (secondary N) is 1. The molecule has 1 unspecified atom stereocenters. The lowest BCUT2D eigenvalue weighted by molar-refractivity contribution is -0.115. The van der Waals surface area contributed by atoms with Crippen molar-refractivity contribution in [1.82, 2.24) is 0 Å². The molecule has 0 saturated heterocycles. The number of nitrogen functional groups attached to an aromatic ring is 1. The summed E-state index contributed by atoms with van der Waals surface area (Å²) >= 11 is 1.65. The molecule has 4 heteroatoms. The topological polar surface area (TPSA) is 55.1 Å². The van der Waals surface area contributed by atoms with Crippen molar-refractivity contribution >= 4 is 29.0 Å². The number of benzene rings is 1. The molecule has 1 amide bonds. The summed E-state index contributed by atoms with van der Waals surface area (Å²) in [5.74, 6) is 0.0254. The second kappa shape index (κ2) is 5.96. The van der Waals surface area contributed by atoms with Crippen molar-refractivity contribution in [1.29, 1.82) is 0 Å². The Bertz CT molecular complexity index is 404. The van der Waals surface area contributed by atoms with Crippen molar-refractivity contribution < 1.29 is 4.79 Å². The zero-order valence-corrected chi connectivity index (χ0v) is 11.6. The van der Waals surface area contributed by atoms with Gasteiger partial charge in [-0.25, -0.2) is 0 Å². The van der Waals surface area contributed by atoms with E-state index >= 15 is 0 Å². The molecule has 0 aliphatic rings. The predicted octanol–water partition coefficient (Wildman–Crippen LogP) is 3.05. The Morgan fingerprint density at radius 3 is 2.59 bits per heavy atom. The summed E-state index contributed by atoms with van der Waals surface area (Å²) in [4.78, 5) is 11.9. The molecule has 0 heterocycles. The van der Waals surface area contributed by atoms with Crippen molar-refractivity contribution in [2.24, 2.45) is 0 Å². The Labute approximate surface area is 107 Å². The number of aryl methyl sites for hydroxylation is 1. The van der Waals surface area contributed by atoms with Crippen LogP contribution in [0.25, 0.3) is 0 Å². The molecule has 0 aromatic heterocycles. The summed E-state index contributed by atoms with van der Waals surface area (Å²) < 4.78 is 0. The molecule has 17 heavy (non-hydrogen) atoms. The molecule has 0 fully saturated rings. The van der Waals surface area contributed by atoms with E-state index in [0.29, 0.717) is 10.9 Å². The molecule has 0 spiro atoms. The van der Waals surface area contributed by atoms with E-state index in [1.165, 1.54) is 0 Å². The van der Waals surface area contributed by atoms with E-state index in [9.17, 15) is 4.79 Å². The number of hydrogen-bond acceptors (Lipinski definition) is 3. The van der Waals surface area contributed by atoms with Crippen LogP contribution >= 0.6 is 11.8 Å². The van der Waals surface area contributed by atoms with Gasteiger partial charge in [0.15, 0.2) is 0 Å². The molecule has 1 rings (SSSR count). The summed E-state index contributed by atoms with van der Waals surface area (Å²) in [6, 6.07) is 5.53. The van der Waals surface area contributed by atoms with Crippen LogP contribution in [0.1, 0.15) is 26.3 Å². The van der Waals surface area contributed by atoms with E-state index in [1.807, 2.05) is 26.0 Å². The highest BCUT2D eigenvalue weighted by molar-refractivity contribution is 8.01. The van der Waals surface area contributed by atoms with Gasteiger partial charge in [-0.2, -0.15) is 0 Å². The van der Waals surface area contributed by atoms with Crippen molar-refractivity contribution in [3.63, 3.8) is 0 Å². The number of anilines is 2. The first-order chi connectivity index (χ1) is 7.90. The van der Waals surface area contributed by atoms with E-state index in [0.717, 1.165) is 11.3 Å². The maximum absolute atomic E-state index is 11.9. The van der Waals surface area contributed by atoms with Crippen LogP contribution in [-0.2, 0) is 4.79 Å². The maximum atomic E-state index is 11.9. The van der Waals surface area contributed by atoms with Crippen molar-refractivity contribution in [3.05, 3.63) is 23.8 Å². The van der Waals surface area contributed by atoms with E-state index in [-0.39, 0.29) is 11.2 Å². The van der Waals surface area contributed by atoms with Gasteiger partial charge in [-0.15, -0.1) is 11.8 Å². The van der Waals surface area contributed by atoms with Gasteiger partial charge in [0, 0.05) is 11.4 Å². The number of hydrogen-bond donors (Lipinski definition) is 2. The average molecular weight is 252 g/mol. The Hall–Kier alpha value is -1.16. The SMILES string of the molecule is Cc1ccc(N)cc1NC(=O)C(C)SC(C)C. The molecular formula is C13H20N2OS. The zero-order valence-electron chi connectivity index (χ0n) is 10.8. The minimum absolute atomic E-state index is 0.0254. The molecule has 0 radical (unpaired) electrons. The molecule has 1 atom stereocenters. The first-order valence-electron chi connectivity index (χ1n) is 5.72. The van der Waals surface area contributed by atoms with Crippen molar-refractivity contribution in [2.45, 2.75) is 38.2 Å². The lowest BCUT2D eigenvalue weighted by Gasteiger charge is -2.15. The summed E-state index contributed by atoms with van der Waals surface area (Å²) in [5.41, 5.74) is 8.19. The Morgan fingerprint density at radius 1 is 1.35 bits per heavy atom. The number of thioether (sulfide) groups is 1. The summed E-state index contributed by atoms with van der Waals surface area (Å²) in [7, 11) is 0. The van der Waals surface area contributed by atoms with Crippen LogP contribution in [0.15, 0.2) is 18.2 Å². The minimum Gasteiger partial charge on any atom is -0.399 e. The zero-order chi connectivity index (χ0) is 13.0. The molecule has 0 bridgehead atoms. The molecular weight excluding hydrogens is 232 g/mol. The molecule has 3 nitrogen and oxygen atoms in total. The predicted molar refractivity (Wildman–Crippen MR) is 76.4 cm³/mol. The highest BCUT2D eigenvalue weighted by Gasteiger charge is 2.15. The third-order valence-electron chi connectivity index (χ3n) is 2.37. The van der Waals surface area contributed by atoms with Crippen LogP contribution in [0.4, 0.5) is 11.4 Å². The Kier molecular flexibility index (Phi) is 4.87. The van der Waals surface area contributed by atoms with Crippen LogP contribution in [0, 0.1) is 6.92 Å². The van der Waals surface area contributed by atoms with Crippen LogP contribution in [0.3, 0.4) is 0 Å². The third-order valence-corrected chi connectivity index (χ3v) is 3.53. The molecule has 1 aromatic rings. The van der Waals surface area contributed by atoms with Gasteiger partial charge in [0.2, 0.25) is 5.91 Å². The van der Waals surface area contributed by atoms with Gasteiger partial charge in [0.05, 0.1) is 5.25 Å². The number of carbonyl (C=O) groups is 1. The summed E-state index contributed by atoms with van der Waals surface area (Å²) in [6.45, 7) is 8.04. The smallest absolute Gasteiger partial charge is 0.237 e. The molecule has 3 N–H and O–H groups in total. The van der Waals surface area contributed by atoms with Gasteiger partial charge in [-0.1, -0.05) is 19.9 Å². The van der Waals surface area contributed by atoms with Crippen LogP contribution < -0.4 is 11.1 Å². The fourth-order valence-corrected chi connectivity index (χ4v) is 2.48. The third kappa shape index (κ3) is 4.30. The highest BCUT2D eigenvalue weighted by atomic mass is 32.2. The fraction of sp³-hybridized carbons (Fsp3) is 0.462. The number of amides is 1. The fourth-order valence-electron chi connectivity index (χ4n) is 1.48. The molecule has 0 aliphatic heterocycles. The first kappa shape index (κ1) is 13.9. The Balaban J connectivity index is 2.70. The summed E-state index contributed by atoms with van der Waals surface area (Å²) in [5, 5.41) is 3.30. The number of carbonyl (C=O) groups excluding carboxylic acids is 1. The minimum atomic E-state index is -0.0594. The quantitative estimate of drug-likeness (QED) is 0.810. The van der Waals surface area contributed by atoms with Gasteiger partial charge in [-0.05, 0) is 36.8 Å². The van der Waals surface area contributed by atoms with Crippen molar-refractivity contribution in [3.8, 4) is 0 Å². The van der Waals surface area contributed by atoms with Crippen LogP contribution in [0.2, 0.25) is 0 Å². The average Bonchev–Trinajstić information content (AvgIpc) is 2.22. The van der Waals surface area contributed by atoms with Gasteiger partial charge in [0.25, 0.3) is 0 Å². The van der Waals surface area contributed by atoms with Gasteiger partial charge in [-0.3, -0.25) is 4.79 Å². The molecule has 1 aromatic carbocycles. The van der Waals surface area contributed by atoms with E-state index < -0.39 is 0 Å². The van der Waals surface area contributed by atoms with Crippen molar-refractivity contribution in [2.75, 3.05) is 11.1 Å². The number of nitrogens with two attached hydrogens (primary N) is 1. The van der Waals surface area contributed by atoms with Gasteiger partial charge < -0.3 is 11.1 Å². The largest absolute Gasteiger partial charge is 0.399 e. The Morgan fingerprint density at radius 2 is 2.00 bits per heavy atom. The van der Waals surface area contributed by atoms with Crippen LogP contribution in [0.5, 0.6) is 0 Å². The molecule has 0 saturated carbocycles. The van der Waals surface area contributed by atoms with Gasteiger partial charge in [0.1, 0.15) is 0 Å². The highest BCUT2D eigenvalue weighted by Crippen LogP contribution is 2.21. The van der Waals surface area contributed by atoms with E-state index in [1.54, 1.807) is 17.8 Å². The molecule has 94 valence electrons. The lowest BCUT2D eigenvalue weighted by atomic mass is 10.2.